The number of rotatable bonds is 4. The van der Waals surface area contributed by atoms with Gasteiger partial charge in [-0.2, -0.15) is 23.5 Å². The molecule has 3 atom stereocenters. The molecule has 0 saturated carbocycles. The van der Waals surface area contributed by atoms with Crippen LogP contribution in [0.25, 0.3) is 0 Å². The highest BCUT2D eigenvalue weighted by atomic mass is 32.2. The van der Waals surface area contributed by atoms with Crippen LogP contribution in [0.3, 0.4) is 0 Å². The summed E-state index contributed by atoms with van der Waals surface area (Å²) < 4.78 is 6.46. The number of hydrogen-bond acceptors (Lipinski definition) is 4. The van der Waals surface area contributed by atoms with Gasteiger partial charge in [-0.3, -0.25) is 0 Å². The van der Waals surface area contributed by atoms with Crippen LogP contribution >= 0.6 is 23.5 Å². The van der Waals surface area contributed by atoms with E-state index in [0.29, 0.717) is 16.8 Å². The van der Waals surface area contributed by atoms with Crippen molar-refractivity contribution in [1.29, 1.82) is 0 Å². The smallest absolute Gasteiger partial charge is 0.0795 e. The molecular formula is C15H29NOS2. The minimum atomic E-state index is 0.206. The topological polar surface area (TPSA) is 21.3 Å². The minimum absolute atomic E-state index is 0.206. The number of thioether (sulfide) groups is 2. The van der Waals surface area contributed by atoms with Gasteiger partial charge in [-0.1, -0.05) is 20.8 Å². The van der Waals surface area contributed by atoms with E-state index in [0.717, 1.165) is 6.61 Å². The van der Waals surface area contributed by atoms with Crippen molar-refractivity contribution in [2.75, 3.05) is 23.9 Å². The van der Waals surface area contributed by atoms with Crippen LogP contribution in [0.15, 0.2) is 0 Å². The van der Waals surface area contributed by atoms with Crippen LogP contribution < -0.4 is 5.32 Å². The summed E-state index contributed by atoms with van der Waals surface area (Å²) in [6.45, 7) is 10.2. The van der Waals surface area contributed by atoms with Crippen LogP contribution in [0.2, 0.25) is 0 Å². The van der Waals surface area contributed by atoms with Gasteiger partial charge in [0.2, 0.25) is 0 Å². The Bertz CT molecular complexity index is 284. The summed E-state index contributed by atoms with van der Waals surface area (Å²) in [4.78, 5) is 0. The molecular weight excluding hydrogens is 274 g/mol. The Morgan fingerprint density at radius 3 is 2.89 bits per heavy atom. The highest BCUT2D eigenvalue weighted by Crippen LogP contribution is 2.38. The summed E-state index contributed by atoms with van der Waals surface area (Å²) >= 11 is 4.11. The zero-order chi connectivity index (χ0) is 13.9. The second-order valence-electron chi connectivity index (χ2n) is 7.01. The molecule has 0 unspecified atom stereocenters. The second-order valence-corrected chi connectivity index (χ2v) is 9.97. The third-order valence-electron chi connectivity index (χ3n) is 3.85. The molecule has 2 fully saturated rings. The summed E-state index contributed by atoms with van der Waals surface area (Å²) in [5, 5.41) is 3.83. The van der Waals surface area contributed by atoms with Gasteiger partial charge in [-0.15, -0.1) is 0 Å². The first-order valence-electron chi connectivity index (χ1n) is 7.50. The molecule has 2 nitrogen and oxygen atoms in total. The summed E-state index contributed by atoms with van der Waals surface area (Å²) in [5.41, 5.74) is 0.206. The molecule has 2 rings (SSSR count). The molecule has 0 aliphatic carbocycles. The van der Waals surface area contributed by atoms with Gasteiger partial charge < -0.3 is 10.1 Å². The predicted molar refractivity (Wildman–Crippen MR) is 88.5 cm³/mol. The Balaban J connectivity index is 1.75. The van der Waals surface area contributed by atoms with Crippen molar-refractivity contribution in [3.05, 3.63) is 0 Å². The van der Waals surface area contributed by atoms with Crippen LogP contribution in [-0.2, 0) is 4.74 Å². The van der Waals surface area contributed by atoms with E-state index in [9.17, 15) is 0 Å². The molecule has 0 aromatic carbocycles. The minimum Gasteiger partial charge on any atom is -0.374 e. The molecule has 1 spiro atoms. The van der Waals surface area contributed by atoms with Gasteiger partial charge in [0.1, 0.15) is 0 Å². The normalized spacial score (nSPS) is 33.8. The first-order chi connectivity index (χ1) is 8.89. The van der Waals surface area contributed by atoms with E-state index in [4.69, 9.17) is 4.74 Å². The van der Waals surface area contributed by atoms with Crippen molar-refractivity contribution in [2.24, 2.45) is 0 Å². The zero-order valence-electron chi connectivity index (χ0n) is 12.8. The first-order valence-corrected chi connectivity index (χ1v) is 9.64. The summed E-state index contributed by atoms with van der Waals surface area (Å²) in [6.07, 6.45) is 3.64. The largest absolute Gasteiger partial charge is 0.374 e. The lowest BCUT2D eigenvalue weighted by atomic mass is 9.89. The Labute approximate surface area is 127 Å². The van der Waals surface area contributed by atoms with Crippen molar-refractivity contribution in [2.45, 2.75) is 69.4 Å². The van der Waals surface area contributed by atoms with E-state index < -0.39 is 0 Å². The summed E-state index contributed by atoms with van der Waals surface area (Å²) in [5.74, 6) is 3.68. The number of nitrogens with one attached hydrogen (secondary N) is 1. The van der Waals surface area contributed by atoms with Crippen LogP contribution in [0, 0.1) is 0 Å². The predicted octanol–water partition coefficient (Wildman–Crippen LogP) is 3.55. The average molecular weight is 304 g/mol. The quantitative estimate of drug-likeness (QED) is 0.857. The van der Waals surface area contributed by atoms with Crippen molar-refractivity contribution in [1.82, 2.24) is 5.32 Å². The van der Waals surface area contributed by atoms with Crippen LogP contribution in [0.5, 0.6) is 0 Å². The monoisotopic (exact) mass is 303 g/mol. The lowest BCUT2D eigenvalue weighted by molar-refractivity contribution is -0.0708. The van der Waals surface area contributed by atoms with E-state index in [2.05, 4.69) is 56.5 Å². The fraction of sp³-hybridized carbons (Fsp3) is 1.00. The van der Waals surface area contributed by atoms with Gasteiger partial charge >= 0.3 is 0 Å². The van der Waals surface area contributed by atoms with Gasteiger partial charge in [0.15, 0.2) is 0 Å². The fourth-order valence-corrected chi connectivity index (χ4v) is 5.08. The molecule has 0 aromatic heterocycles. The molecule has 2 aliphatic rings. The van der Waals surface area contributed by atoms with Crippen molar-refractivity contribution >= 4 is 23.5 Å². The highest BCUT2D eigenvalue weighted by Gasteiger charge is 2.40. The average Bonchev–Trinajstić information content (AvgIpc) is 2.74. The van der Waals surface area contributed by atoms with Crippen LogP contribution in [0.4, 0.5) is 0 Å². The SMILES string of the molecule is C[C@H](CSC(C)(C)C)N[C@@H]1CCO[C@]2(CCSC2)C1. The molecule has 4 heteroatoms. The van der Waals surface area contributed by atoms with E-state index >= 15 is 0 Å². The summed E-state index contributed by atoms with van der Waals surface area (Å²) in [7, 11) is 0. The van der Waals surface area contributed by atoms with Gasteiger partial charge in [0.25, 0.3) is 0 Å². The van der Waals surface area contributed by atoms with E-state index in [1.165, 1.54) is 36.5 Å². The second kappa shape index (κ2) is 6.59. The standard InChI is InChI=1S/C15H29NOS2/c1-12(10-19-14(2,3)4)16-13-5-7-17-15(9-13)6-8-18-11-15/h12-13,16H,5-11H2,1-4H3/t12-,13-,15-/m1/s1. The molecule has 2 saturated heterocycles. The lowest BCUT2D eigenvalue weighted by Gasteiger charge is -2.39. The van der Waals surface area contributed by atoms with E-state index in [1.807, 2.05) is 0 Å². The van der Waals surface area contributed by atoms with E-state index in [-0.39, 0.29) is 5.60 Å². The Kier molecular flexibility index (Phi) is 5.55. The maximum absolute atomic E-state index is 6.09. The molecule has 2 heterocycles. The van der Waals surface area contributed by atoms with Gasteiger partial charge in [0, 0.05) is 34.9 Å². The molecule has 2 aliphatic heterocycles. The van der Waals surface area contributed by atoms with Crippen molar-refractivity contribution < 1.29 is 4.74 Å². The molecule has 1 N–H and O–H groups in total. The molecule has 0 bridgehead atoms. The van der Waals surface area contributed by atoms with Crippen molar-refractivity contribution in [3.63, 3.8) is 0 Å². The van der Waals surface area contributed by atoms with E-state index in [1.54, 1.807) is 0 Å². The molecule has 0 aromatic rings. The van der Waals surface area contributed by atoms with Gasteiger partial charge in [-0.05, 0) is 31.9 Å². The Morgan fingerprint density at radius 1 is 1.47 bits per heavy atom. The third-order valence-corrected chi connectivity index (χ3v) is 6.60. The first kappa shape index (κ1) is 16.0. The highest BCUT2D eigenvalue weighted by molar-refractivity contribution is 8.00. The maximum Gasteiger partial charge on any atom is 0.0795 e. The van der Waals surface area contributed by atoms with Crippen molar-refractivity contribution in [3.8, 4) is 0 Å². The van der Waals surface area contributed by atoms with Gasteiger partial charge in [-0.25, -0.2) is 0 Å². The summed E-state index contributed by atoms with van der Waals surface area (Å²) in [6, 6.07) is 1.25. The molecule has 0 amide bonds. The Hall–Kier alpha value is 0.620. The maximum atomic E-state index is 6.09. The third kappa shape index (κ3) is 5.14. The van der Waals surface area contributed by atoms with Crippen LogP contribution in [0.1, 0.15) is 47.0 Å². The fourth-order valence-electron chi connectivity index (χ4n) is 2.86. The van der Waals surface area contributed by atoms with Crippen LogP contribution in [-0.4, -0.2) is 46.3 Å². The van der Waals surface area contributed by atoms with Gasteiger partial charge in [0.05, 0.1) is 5.60 Å². The molecule has 0 radical (unpaired) electrons. The molecule has 19 heavy (non-hydrogen) atoms. The number of hydrogen-bond donors (Lipinski definition) is 1. The number of ether oxygens (including phenoxy) is 1. The molecule has 112 valence electrons. The lowest BCUT2D eigenvalue weighted by Crippen LogP contribution is -2.49. The zero-order valence-corrected chi connectivity index (χ0v) is 14.5. The Morgan fingerprint density at radius 2 is 2.26 bits per heavy atom.